The van der Waals surface area contributed by atoms with Crippen LogP contribution in [0.15, 0.2) is 16.5 Å². The Kier molecular flexibility index (Phi) is 4.23. The number of rotatable bonds is 5. The first-order valence-corrected chi connectivity index (χ1v) is 5.24. The zero-order chi connectivity index (χ0) is 12.0. The van der Waals surface area contributed by atoms with Gasteiger partial charge in [0.1, 0.15) is 11.5 Å². The number of hydrogen-bond acceptors (Lipinski definition) is 2. The standard InChI is InChI=1S/C14H16O2/c1-4-9-14(15,10-5-2)11-8-13-7-6-12(3)16-13/h1-2,6-7,15H,8-11H2,3H3. The molecule has 1 aromatic heterocycles. The number of aryl methyl sites for hydroxylation is 2. The Morgan fingerprint density at radius 3 is 2.38 bits per heavy atom. The number of furan rings is 1. The van der Waals surface area contributed by atoms with Crippen molar-refractivity contribution in [3.63, 3.8) is 0 Å². The minimum Gasteiger partial charge on any atom is -0.466 e. The number of hydrogen-bond donors (Lipinski definition) is 1. The predicted molar refractivity (Wildman–Crippen MR) is 63.6 cm³/mol. The van der Waals surface area contributed by atoms with Gasteiger partial charge in [-0.15, -0.1) is 24.7 Å². The highest BCUT2D eigenvalue weighted by Crippen LogP contribution is 2.22. The molecule has 1 aromatic rings. The fourth-order valence-corrected chi connectivity index (χ4v) is 1.59. The van der Waals surface area contributed by atoms with Gasteiger partial charge in [-0.25, -0.2) is 0 Å². The van der Waals surface area contributed by atoms with E-state index in [1.54, 1.807) is 0 Å². The topological polar surface area (TPSA) is 33.4 Å². The highest BCUT2D eigenvalue weighted by Gasteiger charge is 2.24. The molecule has 2 heteroatoms. The second-order valence-electron chi connectivity index (χ2n) is 4.00. The molecule has 0 bridgehead atoms. The lowest BCUT2D eigenvalue weighted by Gasteiger charge is -2.23. The lowest BCUT2D eigenvalue weighted by atomic mass is 9.90. The molecular weight excluding hydrogens is 200 g/mol. The van der Waals surface area contributed by atoms with Crippen LogP contribution in [-0.4, -0.2) is 10.7 Å². The van der Waals surface area contributed by atoms with Gasteiger partial charge in [-0.3, -0.25) is 0 Å². The van der Waals surface area contributed by atoms with Gasteiger partial charge in [0.2, 0.25) is 0 Å². The summed E-state index contributed by atoms with van der Waals surface area (Å²) in [6.45, 7) is 1.89. The Hall–Kier alpha value is -1.64. The summed E-state index contributed by atoms with van der Waals surface area (Å²) in [7, 11) is 0. The van der Waals surface area contributed by atoms with E-state index >= 15 is 0 Å². The first-order valence-electron chi connectivity index (χ1n) is 5.24. The van der Waals surface area contributed by atoms with Crippen molar-refractivity contribution in [2.24, 2.45) is 0 Å². The van der Waals surface area contributed by atoms with E-state index in [0.29, 0.717) is 12.8 Å². The molecule has 84 valence electrons. The summed E-state index contributed by atoms with van der Waals surface area (Å²) >= 11 is 0. The average Bonchev–Trinajstić information content (AvgIpc) is 2.62. The first kappa shape index (κ1) is 12.4. The Morgan fingerprint density at radius 1 is 1.31 bits per heavy atom. The summed E-state index contributed by atoms with van der Waals surface area (Å²) in [5.41, 5.74) is -0.968. The second kappa shape index (κ2) is 5.45. The molecule has 0 aromatic carbocycles. The highest BCUT2D eigenvalue weighted by molar-refractivity contribution is 5.08. The Bertz CT molecular complexity index is 399. The fraction of sp³-hybridized carbons (Fsp3) is 0.429. The number of terminal acetylenes is 2. The largest absolute Gasteiger partial charge is 0.466 e. The lowest BCUT2D eigenvalue weighted by molar-refractivity contribution is 0.0406. The van der Waals surface area contributed by atoms with Crippen molar-refractivity contribution in [3.8, 4) is 24.7 Å². The third-order valence-electron chi connectivity index (χ3n) is 2.50. The van der Waals surface area contributed by atoms with Crippen LogP contribution in [0.2, 0.25) is 0 Å². The average molecular weight is 216 g/mol. The van der Waals surface area contributed by atoms with Crippen LogP contribution in [0.4, 0.5) is 0 Å². The third kappa shape index (κ3) is 3.50. The van der Waals surface area contributed by atoms with Crippen LogP contribution < -0.4 is 0 Å². The van der Waals surface area contributed by atoms with E-state index in [0.717, 1.165) is 11.5 Å². The molecule has 0 aliphatic rings. The molecule has 16 heavy (non-hydrogen) atoms. The summed E-state index contributed by atoms with van der Waals surface area (Å²) < 4.78 is 5.42. The van der Waals surface area contributed by atoms with Gasteiger partial charge in [0, 0.05) is 19.3 Å². The molecule has 0 saturated carbocycles. The summed E-state index contributed by atoms with van der Waals surface area (Å²) in [6.07, 6.45) is 12.1. The molecule has 0 amide bonds. The van der Waals surface area contributed by atoms with Crippen molar-refractivity contribution < 1.29 is 9.52 Å². The molecule has 0 aliphatic heterocycles. The molecule has 1 N–H and O–H groups in total. The van der Waals surface area contributed by atoms with Crippen molar-refractivity contribution in [3.05, 3.63) is 23.7 Å². The maximum absolute atomic E-state index is 10.2. The maximum Gasteiger partial charge on any atom is 0.104 e. The van der Waals surface area contributed by atoms with Gasteiger partial charge in [-0.05, 0) is 25.5 Å². The molecule has 0 atom stereocenters. The minimum atomic E-state index is -0.968. The van der Waals surface area contributed by atoms with E-state index < -0.39 is 5.60 Å². The smallest absolute Gasteiger partial charge is 0.104 e. The first-order chi connectivity index (χ1) is 7.59. The molecule has 0 spiro atoms. The zero-order valence-corrected chi connectivity index (χ0v) is 9.49. The SMILES string of the molecule is C#CCC(O)(CC#C)CCc1ccc(C)o1. The molecular formula is C14H16O2. The van der Waals surface area contributed by atoms with E-state index in [4.69, 9.17) is 17.3 Å². The highest BCUT2D eigenvalue weighted by atomic mass is 16.3. The van der Waals surface area contributed by atoms with E-state index in [1.165, 1.54) is 0 Å². The van der Waals surface area contributed by atoms with E-state index in [2.05, 4.69) is 11.8 Å². The van der Waals surface area contributed by atoms with Crippen LogP contribution in [0.3, 0.4) is 0 Å². The zero-order valence-electron chi connectivity index (χ0n) is 9.49. The molecule has 2 nitrogen and oxygen atoms in total. The Morgan fingerprint density at radius 2 is 1.94 bits per heavy atom. The van der Waals surface area contributed by atoms with Crippen molar-refractivity contribution in [2.45, 2.75) is 38.2 Å². The predicted octanol–water partition coefficient (Wildman–Crippen LogP) is 2.30. The van der Waals surface area contributed by atoms with Crippen LogP contribution in [-0.2, 0) is 6.42 Å². The van der Waals surface area contributed by atoms with E-state index in [9.17, 15) is 5.11 Å². The summed E-state index contributed by atoms with van der Waals surface area (Å²) in [6, 6.07) is 3.80. The van der Waals surface area contributed by atoms with Gasteiger partial charge in [-0.1, -0.05) is 0 Å². The molecule has 1 rings (SSSR count). The van der Waals surface area contributed by atoms with E-state index in [-0.39, 0.29) is 12.8 Å². The summed E-state index contributed by atoms with van der Waals surface area (Å²) in [5, 5.41) is 10.2. The molecule has 0 aliphatic carbocycles. The monoisotopic (exact) mass is 216 g/mol. The van der Waals surface area contributed by atoms with E-state index in [1.807, 2.05) is 19.1 Å². The molecule has 0 saturated heterocycles. The van der Waals surface area contributed by atoms with Gasteiger partial charge >= 0.3 is 0 Å². The van der Waals surface area contributed by atoms with Gasteiger partial charge in [0.05, 0.1) is 5.60 Å². The van der Waals surface area contributed by atoms with Gasteiger partial charge in [0.25, 0.3) is 0 Å². The van der Waals surface area contributed by atoms with Crippen LogP contribution in [0.25, 0.3) is 0 Å². The maximum atomic E-state index is 10.2. The van der Waals surface area contributed by atoms with Crippen LogP contribution in [0, 0.1) is 31.6 Å². The van der Waals surface area contributed by atoms with Crippen LogP contribution in [0.5, 0.6) is 0 Å². The van der Waals surface area contributed by atoms with Crippen molar-refractivity contribution in [1.82, 2.24) is 0 Å². The molecule has 0 radical (unpaired) electrons. The summed E-state index contributed by atoms with van der Waals surface area (Å²) in [5.74, 6) is 6.64. The molecule has 0 fully saturated rings. The summed E-state index contributed by atoms with van der Waals surface area (Å²) in [4.78, 5) is 0. The van der Waals surface area contributed by atoms with Crippen molar-refractivity contribution in [1.29, 1.82) is 0 Å². The second-order valence-corrected chi connectivity index (χ2v) is 4.00. The molecule has 1 heterocycles. The minimum absolute atomic E-state index is 0.275. The van der Waals surface area contributed by atoms with Gasteiger partial charge < -0.3 is 9.52 Å². The normalized spacial score (nSPS) is 10.8. The van der Waals surface area contributed by atoms with Crippen molar-refractivity contribution in [2.75, 3.05) is 0 Å². The Labute approximate surface area is 96.7 Å². The number of aliphatic hydroxyl groups is 1. The van der Waals surface area contributed by atoms with Gasteiger partial charge in [0.15, 0.2) is 0 Å². The Balaban J connectivity index is 2.57. The van der Waals surface area contributed by atoms with Crippen molar-refractivity contribution >= 4 is 0 Å². The third-order valence-corrected chi connectivity index (χ3v) is 2.50. The van der Waals surface area contributed by atoms with Crippen LogP contribution in [0.1, 0.15) is 30.8 Å². The van der Waals surface area contributed by atoms with Crippen LogP contribution >= 0.6 is 0 Å². The fourth-order valence-electron chi connectivity index (χ4n) is 1.59. The van der Waals surface area contributed by atoms with Gasteiger partial charge in [-0.2, -0.15) is 0 Å². The quantitative estimate of drug-likeness (QED) is 0.766. The lowest BCUT2D eigenvalue weighted by Crippen LogP contribution is -2.28. The molecule has 0 unspecified atom stereocenters.